The van der Waals surface area contributed by atoms with Crippen molar-refractivity contribution in [2.45, 2.75) is 45.4 Å². The predicted molar refractivity (Wildman–Crippen MR) is 76.9 cm³/mol. The summed E-state index contributed by atoms with van der Waals surface area (Å²) in [6.07, 6.45) is 8.06. The molecule has 0 saturated heterocycles. The molecule has 0 radical (unpaired) electrons. The van der Waals surface area contributed by atoms with Crippen LogP contribution in [0.2, 0.25) is 0 Å². The number of fused-ring (bicyclic) bond motifs is 1. The highest BCUT2D eigenvalue weighted by Gasteiger charge is 2.40. The maximum atomic E-state index is 3.40. The fourth-order valence-electron chi connectivity index (χ4n) is 3.74. The van der Waals surface area contributed by atoms with Crippen molar-refractivity contribution in [1.82, 2.24) is 5.32 Å². The minimum atomic E-state index is 0.460. The molecule has 0 bridgehead atoms. The highest BCUT2D eigenvalue weighted by Crippen LogP contribution is 2.47. The number of benzene rings is 1. The van der Waals surface area contributed by atoms with Crippen LogP contribution < -0.4 is 5.32 Å². The molecule has 1 nitrogen and oxygen atoms in total. The summed E-state index contributed by atoms with van der Waals surface area (Å²) in [5.41, 5.74) is 5.23. The largest absolute Gasteiger partial charge is 0.319 e. The molecule has 1 N–H and O–H groups in total. The molecule has 0 amide bonds. The fraction of sp³-hybridized carbons (Fsp3) is 0.647. The minimum absolute atomic E-state index is 0.460. The van der Waals surface area contributed by atoms with E-state index in [9.17, 15) is 0 Å². The molecular formula is C17H25N. The molecule has 0 aliphatic heterocycles. The first-order chi connectivity index (χ1) is 8.71. The Morgan fingerprint density at radius 1 is 1.22 bits per heavy atom. The molecule has 1 heteroatoms. The molecule has 1 aromatic rings. The zero-order valence-corrected chi connectivity index (χ0v) is 11.8. The van der Waals surface area contributed by atoms with E-state index in [4.69, 9.17) is 0 Å². The summed E-state index contributed by atoms with van der Waals surface area (Å²) in [4.78, 5) is 0. The highest BCUT2D eigenvalue weighted by atomic mass is 14.8. The first kappa shape index (κ1) is 12.2. The molecule has 1 fully saturated rings. The Bertz CT molecular complexity index is 433. The number of hydrogen-bond donors (Lipinski definition) is 1. The maximum absolute atomic E-state index is 3.40. The van der Waals surface area contributed by atoms with Gasteiger partial charge in [-0.1, -0.05) is 25.1 Å². The van der Waals surface area contributed by atoms with Gasteiger partial charge in [-0.15, -0.1) is 0 Å². The molecule has 98 valence electrons. The average Bonchev–Trinajstić information content (AvgIpc) is 3.10. The molecule has 0 spiro atoms. The normalized spacial score (nSPS) is 21.7. The van der Waals surface area contributed by atoms with Gasteiger partial charge in [-0.2, -0.15) is 0 Å². The van der Waals surface area contributed by atoms with Gasteiger partial charge in [0.15, 0.2) is 0 Å². The second kappa shape index (κ2) is 4.70. The van der Waals surface area contributed by atoms with Gasteiger partial charge in [0.25, 0.3) is 0 Å². The Morgan fingerprint density at radius 3 is 2.72 bits per heavy atom. The summed E-state index contributed by atoms with van der Waals surface area (Å²) in [6.45, 7) is 3.61. The van der Waals surface area contributed by atoms with Crippen molar-refractivity contribution in [1.29, 1.82) is 0 Å². The van der Waals surface area contributed by atoms with Crippen LogP contribution in [-0.2, 0) is 19.3 Å². The molecule has 3 rings (SSSR count). The van der Waals surface area contributed by atoms with Crippen molar-refractivity contribution in [2.75, 3.05) is 13.6 Å². The van der Waals surface area contributed by atoms with Gasteiger partial charge >= 0.3 is 0 Å². The van der Waals surface area contributed by atoms with E-state index in [-0.39, 0.29) is 0 Å². The minimum Gasteiger partial charge on any atom is -0.319 e. The number of hydrogen-bond acceptors (Lipinski definition) is 1. The lowest BCUT2D eigenvalue weighted by molar-refractivity contribution is 0.263. The maximum Gasteiger partial charge on any atom is 0.000800 e. The lowest BCUT2D eigenvalue weighted by atomic mass is 9.78. The van der Waals surface area contributed by atoms with E-state index in [1.807, 2.05) is 0 Å². The van der Waals surface area contributed by atoms with Crippen molar-refractivity contribution >= 4 is 0 Å². The Morgan fingerprint density at radius 2 is 2.00 bits per heavy atom. The van der Waals surface area contributed by atoms with Gasteiger partial charge < -0.3 is 5.32 Å². The molecule has 0 aromatic heterocycles. The third-order valence-electron chi connectivity index (χ3n) is 4.91. The second-order valence-corrected chi connectivity index (χ2v) is 6.59. The van der Waals surface area contributed by atoms with Crippen LogP contribution in [0.25, 0.3) is 0 Å². The highest BCUT2D eigenvalue weighted by molar-refractivity contribution is 5.35. The van der Waals surface area contributed by atoms with Gasteiger partial charge in [-0.25, -0.2) is 0 Å². The summed E-state index contributed by atoms with van der Waals surface area (Å²) in [5.74, 6) is 0.943. The monoisotopic (exact) mass is 243 g/mol. The third-order valence-corrected chi connectivity index (χ3v) is 4.91. The lowest BCUT2D eigenvalue weighted by Gasteiger charge is -2.30. The first-order valence-corrected chi connectivity index (χ1v) is 7.46. The molecule has 1 saturated carbocycles. The van der Waals surface area contributed by atoms with Crippen LogP contribution in [0.5, 0.6) is 0 Å². The topological polar surface area (TPSA) is 12.0 Å². The van der Waals surface area contributed by atoms with Gasteiger partial charge in [-0.05, 0) is 73.6 Å². The first-order valence-electron chi connectivity index (χ1n) is 7.46. The quantitative estimate of drug-likeness (QED) is 0.836. The van der Waals surface area contributed by atoms with E-state index in [1.54, 1.807) is 16.7 Å². The van der Waals surface area contributed by atoms with Crippen LogP contribution in [0.3, 0.4) is 0 Å². The zero-order valence-electron chi connectivity index (χ0n) is 11.8. The van der Waals surface area contributed by atoms with E-state index in [1.165, 1.54) is 38.5 Å². The van der Waals surface area contributed by atoms with E-state index in [2.05, 4.69) is 37.5 Å². The van der Waals surface area contributed by atoms with Gasteiger partial charge in [-0.3, -0.25) is 0 Å². The number of aryl methyl sites for hydroxylation is 2. The van der Waals surface area contributed by atoms with E-state index < -0.39 is 0 Å². The molecule has 0 heterocycles. The summed E-state index contributed by atoms with van der Waals surface area (Å²) in [5, 5.41) is 3.40. The Kier molecular flexibility index (Phi) is 3.19. The predicted octanol–water partition coefficient (Wildman–Crippen LogP) is 3.35. The lowest BCUT2D eigenvalue weighted by Crippen LogP contribution is -2.33. The Balaban J connectivity index is 1.78. The van der Waals surface area contributed by atoms with Crippen molar-refractivity contribution in [3.8, 4) is 0 Å². The smallest absolute Gasteiger partial charge is 0.000800 e. The second-order valence-electron chi connectivity index (χ2n) is 6.59. The third kappa shape index (κ3) is 2.33. The van der Waals surface area contributed by atoms with Crippen LogP contribution in [0.4, 0.5) is 0 Å². The number of rotatable bonds is 5. The molecule has 1 unspecified atom stereocenters. The summed E-state index contributed by atoms with van der Waals surface area (Å²) in [7, 11) is 2.09. The SMILES string of the molecule is CNCC(C)(Cc1ccc2c(c1)CCC2)C1CC1. The van der Waals surface area contributed by atoms with Gasteiger partial charge in [0, 0.05) is 6.54 Å². The van der Waals surface area contributed by atoms with Crippen LogP contribution in [0.1, 0.15) is 42.9 Å². The van der Waals surface area contributed by atoms with Crippen LogP contribution >= 0.6 is 0 Å². The summed E-state index contributed by atoms with van der Waals surface area (Å²) < 4.78 is 0. The van der Waals surface area contributed by atoms with Crippen molar-refractivity contribution in [2.24, 2.45) is 11.3 Å². The fourth-order valence-corrected chi connectivity index (χ4v) is 3.74. The molecule has 18 heavy (non-hydrogen) atoms. The van der Waals surface area contributed by atoms with Crippen molar-refractivity contribution in [3.63, 3.8) is 0 Å². The molecule has 2 aliphatic rings. The van der Waals surface area contributed by atoms with E-state index >= 15 is 0 Å². The summed E-state index contributed by atoms with van der Waals surface area (Å²) >= 11 is 0. The average molecular weight is 243 g/mol. The van der Waals surface area contributed by atoms with Crippen molar-refractivity contribution in [3.05, 3.63) is 34.9 Å². The van der Waals surface area contributed by atoms with Gasteiger partial charge in [0.1, 0.15) is 0 Å². The zero-order chi connectivity index (χ0) is 12.6. The van der Waals surface area contributed by atoms with Gasteiger partial charge in [0.05, 0.1) is 0 Å². The molecule has 1 atom stereocenters. The summed E-state index contributed by atoms with van der Waals surface area (Å²) in [6, 6.07) is 7.24. The van der Waals surface area contributed by atoms with Gasteiger partial charge in [0.2, 0.25) is 0 Å². The van der Waals surface area contributed by atoms with Crippen LogP contribution in [-0.4, -0.2) is 13.6 Å². The number of nitrogens with one attached hydrogen (secondary N) is 1. The molecule has 2 aliphatic carbocycles. The standard InChI is InChI=1S/C17H25N/c1-17(12-18-2,16-8-9-16)11-13-6-7-14-4-3-5-15(14)10-13/h6-7,10,16,18H,3-5,8-9,11-12H2,1-2H3. The van der Waals surface area contributed by atoms with Crippen LogP contribution in [0.15, 0.2) is 18.2 Å². The van der Waals surface area contributed by atoms with Crippen molar-refractivity contribution < 1.29 is 0 Å². The Labute approximate surface area is 111 Å². The molecular weight excluding hydrogens is 218 g/mol. The Hall–Kier alpha value is -0.820. The van der Waals surface area contributed by atoms with Crippen LogP contribution in [0, 0.1) is 11.3 Å². The van der Waals surface area contributed by atoms with E-state index in [0.29, 0.717) is 5.41 Å². The molecule has 1 aromatic carbocycles. The van der Waals surface area contributed by atoms with E-state index in [0.717, 1.165) is 12.5 Å².